The summed E-state index contributed by atoms with van der Waals surface area (Å²) in [6.07, 6.45) is 13.2. The van der Waals surface area contributed by atoms with Gasteiger partial charge in [-0.15, -0.1) is 0 Å². The van der Waals surface area contributed by atoms with Crippen LogP contribution in [-0.2, 0) is 14.1 Å². The zero-order valence-electron chi connectivity index (χ0n) is 11.9. The SMILES string of the molecule is CCCC[CH2][Cr]([CH2]CCCC)[CH2]CCCC. The van der Waals surface area contributed by atoms with E-state index in [0.29, 0.717) is 0 Å². The molecule has 0 aliphatic heterocycles. The molecule has 0 radical (unpaired) electrons. The average Bonchev–Trinajstić information content (AvgIpc) is 2.29. The van der Waals surface area contributed by atoms with Crippen molar-refractivity contribution in [3.05, 3.63) is 0 Å². The number of hydrogen-bond acceptors (Lipinski definition) is 0. The molecule has 0 fully saturated rings. The Morgan fingerprint density at radius 1 is 0.500 bits per heavy atom. The molecule has 1 heteroatoms. The van der Waals surface area contributed by atoms with Crippen LogP contribution in [0.4, 0.5) is 0 Å². The molecule has 0 heterocycles. The van der Waals surface area contributed by atoms with Gasteiger partial charge in [-0.2, -0.15) is 0 Å². The van der Waals surface area contributed by atoms with Gasteiger partial charge in [-0.1, -0.05) is 0 Å². The molecule has 0 spiro atoms. The van der Waals surface area contributed by atoms with E-state index < -0.39 is 0 Å². The first-order valence-electron chi connectivity index (χ1n) is 7.49. The molecular formula is C15H33Cr. The summed E-state index contributed by atoms with van der Waals surface area (Å²) in [5.41, 5.74) is 0. The van der Waals surface area contributed by atoms with Gasteiger partial charge in [0.2, 0.25) is 0 Å². The van der Waals surface area contributed by atoms with Crippen LogP contribution in [0, 0.1) is 0 Å². The molecular weight excluding hydrogens is 232 g/mol. The van der Waals surface area contributed by atoms with Crippen molar-refractivity contribution in [1.29, 1.82) is 0 Å². The molecule has 0 aromatic rings. The van der Waals surface area contributed by atoms with E-state index in [1.807, 2.05) is 0 Å². The monoisotopic (exact) mass is 265 g/mol. The molecule has 0 saturated carbocycles. The summed E-state index contributed by atoms with van der Waals surface area (Å²) >= 11 is -0.191. The Morgan fingerprint density at radius 2 is 0.812 bits per heavy atom. The topological polar surface area (TPSA) is 0 Å². The molecule has 0 saturated heterocycles. The summed E-state index contributed by atoms with van der Waals surface area (Å²) in [5.74, 6) is 0. The first-order valence-corrected chi connectivity index (χ1v) is 10.2. The van der Waals surface area contributed by atoms with Crippen molar-refractivity contribution in [2.24, 2.45) is 0 Å². The molecule has 0 bridgehead atoms. The van der Waals surface area contributed by atoms with Gasteiger partial charge in [0.25, 0.3) is 0 Å². The third-order valence-corrected chi connectivity index (χ3v) is 7.17. The summed E-state index contributed by atoms with van der Waals surface area (Å²) < 4.78 is 0. The van der Waals surface area contributed by atoms with Crippen LogP contribution < -0.4 is 0 Å². The van der Waals surface area contributed by atoms with E-state index in [0.717, 1.165) is 0 Å². The van der Waals surface area contributed by atoms with Crippen molar-refractivity contribution in [1.82, 2.24) is 0 Å². The van der Waals surface area contributed by atoms with E-state index in [2.05, 4.69) is 20.8 Å². The van der Waals surface area contributed by atoms with E-state index in [1.54, 1.807) is 15.8 Å². The molecule has 99 valence electrons. The van der Waals surface area contributed by atoms with Crippen LogP contribution in [0.1, 0.15) is 78.6 Å². The molecule has 0 unspecified atom stereocenters. The van der Waals surface area contributed by atoms with Gasteiger partial charge in [0, 0.05) is 0 Å². The van der Waals surface area contributed by atoms with E-state index >= 15 is 0 Å². The standard InChI is InChI=1S/3C5H11.Cr/c3*1-3-5-4-2;/h3*1,3-5H2,2H3;. The van der Waals surface area contributed by atoms with Crippen LogP contribution in [0.5, 0.6) is 0 Å². The first kappa shape index (κ1) is 16.5. The summed E-state index contributed by atoms with van der Waals surface area (Å²) in [6.45, 7) is 6.97. The van der Waals surface area contributed by atoms with Crippen LogP contribution in [0.3, 0.4) is 0 Å². The molecule has 0 rings (SSSR count). The Labute approximate surface area is 109 Å². The second-order valence-electron chi connectivity index (χ2n) is 4.85. The van der Waals surface area contributed by atoms with Gasteiger partial charge in [0.1, 0.15) is 0 Å². The molecule has 0 aliphatic rings. The summed E-state index contributed by atoms with van der Waals surface area (Å²) in [5, 5.41) is 4.88. The maximum atomic E-state index is 2.32. The molecule has 0 aromatic carbocycles. The minimum atomic E-state index is -0.191. The second kappa shape index (κ2) is 13.6. The minimum absolute atomic E-state index is 0.191. The van der Waals surface area contributed by atoms with Crippen molar-refractivity contribution in [2.75, 3.05) is 0 Å². The molecule has 0 aromatic heterocycles. The predicted octanol–water partition coefficient (Wildman–Crippen LogP) is 6.43. The van der Waals surface area contributed by atoms with Crippen LogP contribution >= 0.6 is 0 Å². The molecule has 0 atom stereocenters. The number of hydrogen-bond donors (Lipinski definition) is 0. The summed E-state index contributed by atoms with van der Waals surface area (Å²) in [6, 6.07) is 0. The zero-order chi connectivity index (χ0) is 12.1. The van der Waals surface area contributed by atoms with Gasteiger partial charge in [-0.3, -0.25) is 0 Å². The van der Waals surface area contributed by atoms with Gasteiger partial charge in [0.15, 0.2) is 0 Å². The average molecular weight is 265 g/mol. The van der Waals surface area contributed by atoms with E-state index in [9.17, 15) is 0 Å². The van der Waals surface area contributed by atoms with Crippen LogP contribution in [0.15, 0.2) is 0 Å². The maximum absolute atomic E-state index is 2.32. The van der Waals surface area contributed by atoms with E-state index in [-0.39, 0.29) is 14.1 Å². The van der Waals surface area contributed by atoms with Gasteiger partial charge in [-0.05, 0) is 0 Å². The number of unbranched alkanes of at least 4 members (excludes halogenated alkanes) is 6. The Balaban J connectivity index is 3.58. The predicted molar refractivity (Wildman–Crippen MR) is 73.0 cm³/mol. The third kappa shape index (κ3) is 11.0. The zero-order valence-corrected chi connectivity index (χ0v) is 13.2. The third-order valence-electron chi connectivity index (χ3n) is 3.11. The fourth-order valence-corrected chi connectivity index (χ4v) is 5.80. The summed E-state index contributed by atoms with van der Waals surface area (Å²) in [4.78, 5) is 0. The summed E-state index contributed by atoms with van der Waals surface area (Å²) in [7, 11) is 0. The molecule has 0 aliphatic carbocycles. The van der Waals surface area contributed by atoms with Crippen LogP contribution in [0.25, 0.3) is 0 Å². The quantitative estimate of drug-likeness (QED) is 0.357. The van der Waals surface area contributed by atoms with Crippen molar-refractivity contribution >= 4 is 0 Å². The van der Waals surface area contributed by atoms with Gasteiger partial charge >= 0.3 is 109 Å². The molecule has 0 nitrogen and oxygen atoms in total. The van der Waals surface area contributed by atoms with Crippen LogP contribution in [0.2, 0.25) is 15.8 Å². The van der Waals surface area contributed by atoms with E-state index in [1.165, 1.54) is 57.8 Å². The van der Waals surface area contributed by atoms with Crippen LogP contribution in [-0.4, -0.2) is 0 Å². The Hall–Kier alpha value is 0.532. The second-order valence-corrected chi connectivity index (χ2v) is 8.67. The Bertz CT molecular complexity index is 98.8. The van der Waals surface area contributed by atoms with Crippen molar-refractivity contribution in [3.63, 3.8) is 0 Å². The fourth-order valence-electron chi connectivity index (χ4n) is 1.97. The van der Waals surface area contributed by atoms with E-state index in [4.69, 9.17) is 0 Å². The van der Waals surface area contributed by atoms with Crippen molar-refractivity contribution in [3.8, 4) is 0 Å². The Morgan fingerprint density at radius 3 is 1.06 bits per heavy atom. The molecule has 16 heavy (non-hydrogen) atoms. The van der Waals surface area contributed by atoms with Crippen molar-refractivity contribution in [2.45, 2.75) is 94.4 Å². The first-order chi connectivity index (χ1) is 7.85. The van der Waals surface area contributed by atoms with Crippen molar-refractivity contribution < 1.29 is 14.1 Å². The molecule has 0 amide bonds. The number of rotatable bonds is 12. The van der Waals surface area contributed by atoms with Gasteiger partial charge < -0.3 is 0 Å². The Kier molecular flexibility index (Phi) is 14.0. The fraction of sp³-hybridized carbons (Fsp3) is 1.00. The normalized spacial score (nSPS) is 11.2. The van der Waals surface area contributed by atoms with Gasteiger partial charge in [-0.25, -0.2) is 0 Å². The van der Waals surface area contributed by atoms with Gasteiger partial charge in [0.05, 0.1) is 0 Å². The molecule has 0 N–H and O–H groups in total.